The minimum absolute atomic E-state index is 0.751. The van der Waals surface area contributed by atoms with Crippen LogP contribution in [-0.2, 0) is 0 Å². The van der Waals surface area contributed by atoms with E-state index < -0.39 is 0 Å². The molecule has 0 amide bonds. The fourth-order valence-electron chi connectivity index (χ4n) is 2.31. The van der Waals surface area contributed by atoms with E-state index in [1.54, 1.807) is 0 Å². The smallest absolute Gasteiger partial charge is 0.0207 e. The van der Waals surface area contributed by atoms with E-state index in [4.69, 9.17) is 0 Å². The summed E-state index contributed by atoms with van der Waals surface area (Å²) in [5.74, 6) is 1.29. The van der Waals surface area contributed by atoms with Gasteiger partial charge in [0.2, 0.25) is 0 Å². The van der Waals surface area contributed by atoms with Gasteiger partial charge in [-0.05, 0) is 32.1 Å². The van der Waals surface area contributed by atoms with Gasteiger partial charge in [0, 0.05) is 30.9 Å². The fraction of sp³-hybridized carbons (Fsp3) is 1.00. The van der Waals surface area contributed by atoms with Gasteiger partial charge in [-0.15, -0.1) is 0 Å². The Morgan fingerprint density at radius 1 is 1.47 bits per heavy atom. The third kappa shape index (κ3) is 4.33. The van der Waals surface area contributed by atoms with Crippen molar-refractivity contribution in [1.29, 1.82) is 0 Å². The van der Waals surface area contributed by atoms with Crippen molar-refractivity contribution in [2.75, 3.05) is 31.6 Å². The molecule has 0 aromatic heterocycles. The largest absolute Gasteiger partial charge is 0.313 e. The third-order valence-corrected chi connectivity index (χ3v) is 3.97. The van der Waals surface area contributed by atoms with Crippen LogP contribution in [0.2, 0.25) is 0 Å². The summed E-state index contributed by atoms with van der Waals surface area (Å²) in [6.45, 7) is 8.29. The molecule has 2 nitrogen and oxygen atoms in total. The van der Waals surface area contributed by atoms with E-state index >= 15 is 0 Å². The third-order valence-electron chi connectivity index (χ3n) is 3.25. The molecule has 0 aliphatic carbocycles. The molecule has 1 aliphatic rings. The van der Waals surface area contributed by atoms with Gasteiger partial charge in [-0.1, -0.05) is 13.8 Å². The first-order chi connectivity index (χ1) is 7.31. The molecule has 0 aromatic rings. The molecule has 2 unspecified atom stereocenters. The lowest BCUT2D eigenvalue weighted by atomic mass is 10.2. The standard InChI is InChI=1S/C12H26N2S/c1-4-7-13-11-6-8-14(9-11)12(5-2)10-15-3/h11-13H,4-10H2,1-3H3. The van der Waals surface area contributed by atoms with E-state index in [9.17, 15) is 0 Å². The molecule has 2 atom stereocenters. The lowest BCUT2D eigenvalue weighted by Crippen LogP contribution is -2.38. The Labute approximate surface area is 99.2 Å². The Balaban J connectivity index is 2.27. The Morgan fingerprint density at radius 2 is 2.27 bits per heavy atom. The molecule has 15 heavy (non-hydrogen) atoms. The molecule has 1 saturated heterocycles. The average molecular weight is 230 g/mol. The summed E-state index contributed by atoms with van der Waals surface area (Å²) in [4.78, 5) is 2.67. The van der Waals surface area contributed by atoms with E-state index in [2.05, 4.69) is 30.3 Å². The number of hydrogen-bond donors (Lipinski definition) is 1. The Kier molecular flexibility index (Phi) is 6.69. The van der Waals surface area contributed by atoms with E-state index in [1.165, 1.54) is 44.6 Å². The zero-order chi connectivity index (χ0) is 11.1. The molecule has 0 aromatic carbocycles. The van der Waals surface area contributed by atoms with Crippen molar-refractivity contribution in [2.45, 2.75) is 45.2 Å². The molecule has 1 N–H and O–H groups in total. The molecule has 0 spiro atoms. The number of hydrogen-bond acceptors (Lipinski definition) is 3. The van der Waals surface area contributed by atoms with Crippen LogP contribution < -0.4 is 5.32 Å². The first-order valence-electron chi connectivity index (χ1n) is 6.28. The Hall–Kier alpha value is 0.270. The summed E-state index contributed by atoms with van der Waals surface area (Å²) in [5.41, 5.74) is 0. The molecular weight excluding hydrogens is 204 g/mol. The second-order valence-electron chi connectivity index (χ2n) is 4.45. The SMILES string of the molecule is CCCNC1CCN(C(CC)CSC)C1. The molecule has 90 valence electrons. The summed E-state index contributed by atoms with van der Waals surface area (Å²) in [6.07, 6.45) is 6.09. The maximum atomic E-state index is 3.63. The highest BCUT2D eigenvalue weighted by Gasteiger charge is 2.26. The minimum Gasteiger partial charge on any atom is -0.313 e. The second kappa shape index (κ2) is 7.53. The Morgan fingerprint density at radius 3 is 2.87 bits per heavy atom. The van der Waals surface area contributed by atoms with E-state index in [-0.39, 0.29) is 0 Å². The molecule has 1 fully saturated rings. The van der Waals surface area contributed by atoms with Crippen LogP contribution in [0.4, 0.5) is 0 Å². The second-order valence-corrected chi connectivity index (χ2v) is 5.36. The van der Waals surface area contributed by atoms with Gasteiger partial charge < -0.3 is 5.32 Å². The molecule has 0 saturated carbocycles. The zero-order valence-electron chi connectivity index (χ0n) is 10.5. The first-order valence-corrected chi connectivity index (χ1v) is 7.67. The molecule has 1 aliphatic heterocycles. The number of nitrogens with zero attached hydrogens (tertiary/aromatic N) is 1. The molecule has 0 bridgehead atoms. The maximum Gasteiger partial charge on any atom is 0.0207 e. The minimum atomic E-state index is 0.751. The average Bonchev–Trinajstić information content (AvgIpc) is 2.71. The van der Waals surface area contributed by atoms with Crippen LogP contribution in [0.15, 0.2) is 0 Å². The van der Waals surface area contributed by atoms with Crippen LogP contribution in [0.3, 0.4) is 0 Å². The van der Waals surface area contributed by atoms with Gasteiger partial charge in [0.15, 0.2) is 0 Å². The summed E-state index contributed by atoms with van der Waals surface area (Å²) >= 11 is 1.98. The van der Waals surface area contributed by atoms with Gasteiger partial charge in [0.05, 0.1) is 0 Å². The quantitative estimate of drug-likeness (QED) is 0.722. The summed E-state index contributed by atoms with van der Waals surface area (Å²) in [6, 6.07) is 1.55. The highest BCUT2D eigenvalue weighted by atomic mass is 32.2. The van der Waals surface area contributed by atoms with Gasteiger partial charge in [0.1, 0.15) is 0 Å². The highest BCUT2D eigenvalue weighted by Crippen LogP contribution is 2.17. The molecule has 1 heterocycles. The topological polar surface area (TPSA) is 15.3 Å². The van der Waals surface area contributed by atoms with Crippen LogP contribution in [0.25, 0.3) is 0 Å². The molecule has 0 radical (unpaired) electrons. The first kappa shape index (κ1) is 13.3. The van der Waals surface area contributed by atoms with E-state index in [0.29, 0.717) is 0 Å². The van der Waals surface area contributed by atoms with Crippen molar-refractivity contribution in [3.8, 4) is 0 Å². The fourth-order valence-corrected chi connectivity index (χ4v) is 3.14. The van der Waals surface area contributed by atoms with Crippen LogP contribution in [0, 0.1) is 0 Å². The van der Waals surface area contributed by atoms with Gasteiger partial charge >= 0.3 is 0 Å². The van der Waals surface area contributed by atoms with Gasteiger partial charge in [-0.3, -0.25) is 4.90 Å². The van der Waals surface area contributed by atoms with Gasteiger partial charge in [-0.25, -0.2) is 0 Å². The molecular formula is C12H26N2S. The lowest BCUT2D eigenvalue weighted by molar-refractivity contribution is 0.250. The Bertz CT molecular complexity index is 164. The van der Waals surface area contributed by atoms with Gasteiger partial charge in [-0.2, -0.15) is 11.8 Å². The predicted octanol–water partition coefficient (Wildman–Crippen LogP) is 2.20. The molecule has 1 rings (SSSR count). The molecule has 3 heteroatoms. The number of thioether (sulfide) groups is 1. The normalized spacial score (nSPS) is 24.6. The van der Waals surface area contributed by atoms with E-state index in [0.717, 1.165) is 12.1 Å². The number of likely N-dealkylation sites (tertiary alicyclic amines) is 1. The summed E-state index contributed by atoms with van der Waals surface area (Å²) in [7, 11) is 0. The van der Waals surface area contributed by atoms with Gasteiger partial charge in [0.25, 0.3) is 0 Å². The number of nitrogens with one attached hydrogen (secondary N) is 1. The van der Waals surface area contributed by atoms with Crippen LogP contribution in [0.1, 0.15) is 33.1 Å². The van der Waals surface area contributed by atoms with Crippen LogP contribution >= 0.6 is 11.8 Å². The van der Waals surface area contributed by atoms with Crippen molar-refractivity contribution >= 4 is 11.8 Å². The monoisotopic (exact) mass is 230 g/mol. The summed E-state index contributed by atoms with van der Waals surface area (Å²) in [5, 5.41) is 3.63. The van der Waals surface area contributed by atoms with Crippen molar-refractivity contribution in [2.24, 2.45) is 0 Å². The van der Waals surface area contributed by atoms with Crippen molar-refractivity contribution in [3.05, 3.63) is 0 Å². The van der Waals surface area contributed by atoms with Crippen molar-refractivity contribution < 1.29 is 0 Å². The number of rotatable bonds is 7. The van der Waals surface area contributed by atoms with Crippen LogP contribution in [-0.4, -0.2) is 48.6 Å². The highest BCUT2D eigenvalue weighted by molar-refractivity contribution is 7.98. The van der Waals surface area contributed by atoms with E-state index in [1.807, 2.05) is 11.8 Å². The van der Waals surface area contributed by atoms with Crippen molar-refractivity contribution in [1.82, 2.24) is 10.2 Å². The van der Waals surface area contributed by atoms with Crippen LogP contribution in [0.5, 0.6) is 0 Å². The van der Waals surface area contributed by atoms with Crippen molar-refractivity contribution in [3.63, 3.8) is 0 Å². The predicted molar refractivity (Wildman–Crippen MR) is 70.7 cm³/mol. The summed E-state index contributed by atoms with van der Waals surface area (Å²) < 4.78 is 0. The maximum absolute atomic E-state index is 3.63. The lowest BCUT2D eigenvalue weighted by Gasteiger charge is -2.26. The zero-order valence-corrected chi connectivity index (χ0v) is 11.3.